The van der Waals surface area contributed by atoms with Crippen LogP contribution in [-0.4, -0.2) is 17.4 Å². The summed E-state index contributed by atoms with van der Waals surface area (Å²) in [5.41, 5.74) is -1.24. The van der Waals surface area contributed by atoms with Crippen LogP contribution in [0.4, 0.5) is 17.6 Å². The second-order valence-corrected chi connectivity index (χ2v) is 4.17. The highest BCUT2D eigenvalue weighted by Gasteiger charge is 2.27. The summed E-state index contributed by atoms with van der Waals surface area (Å²) in [6, 6.07) is 0. The molecule has 0 bridgehead atoms. The largest absolute Gasteiger partial charge is 0.398 e. The lowest BCUT2D eigenvalue weighted by atomic mass is 10.8. The minimum absolute atomic E-state index is 0.485. The normalized spacial score (nSPS) is 15.3. The van der Waals surface area contributed by atoms with Gasteiger partial charge in [-0.25, -0.2) is 4.39 Å². The first kappa shape index (κ1) is 10.4. The molecule has 1 atom stereocenters. The van der Waals surface area contributed by atoms with Crippen LogP contribution in [0.1, 0.15) is 6.92 Å². The maximum Gasteiger partial charge on any atom is 0.398 e. The molecule has 0 aromatic rings. The molecule has 0 saturated carbocycles. The summed E-state index contributed by atoms with van der Waals surface area (Å²) in [7, 11) is 1.07. The Morgan fingerprint density at radius 3 is 2.20 bits per heavy atom. The molecule has 0 aromatic heterocycles. The molecule has 0 rings (SSSR count). The molecule has 0 N–H and O–H groups in total. The molecule has 0 amide bonds. The minimum Gasteiger partial charge on any atom is -0.235 e. The molecule has 1 unspecified atom stereocenters. The lowest BCUT2D eigenvalue weighted by Gasteiger charge is -2.04. The fraction of sp³-hybridized carbons (Fsp3) is 1.00. The van der Waals surface area contributed by atoms with Gasteiger partial charge in [-0.1, -0.05) is 21.6 Å². The average molecular weight is 194 g/mol. The van der Waals surface area contributed by atoms with Crippen LogP contribution < -0.4 is 0 Å². The quantitative estimate of drug-likeness (QED) is 0.499. The standard InChI is InChI=1S/C4H6F4S2/c1-3(5)10-9-2-4(6,7)8/h3H,2H2,1H3. The number of hydrogen-bond donors (Lipinski definition) is 0. The zero-order chi connectivity index (χ0) is 8.20. The van der Waals surface area contributed by atoms with Crippen LogP contribution >= 0.6 is 21.6 Å². The lowest BCUT2D eigenvalue weighted by molar-refractivity contribution is -0.104. The van der Waals surface area contributed by atoms with E-state index in [9.17, 15) is 17.6 Å². The van der Waals surface area contributed by atoms with Gasteiger partial charge in [-0.05, 0) is 6.92 Å². The fourth-order valence-corrected chi connectivity index (χ4v) is 1.75. The Morgan fingerprint density at radius 2 is 1.90 bits per heavy atom. The van der Waals surface area contributed by atoms with Crippen LogP contribution in [0, 0.1) is 0 Å². The first-order valence-corrected chi connectivity index (χ1v) is 4.79. The van der Waals surface area contributed by atoms with Crippen molar-refractivity contribution in [3.63, 3.8) is 0 Å². The van der Waals surface area contributed by atoms with Crippen molar-refractivity contribution < 1.29 is 17.6 Å². The van der Waals surface area contributed by atoms with E-state index in [0.717, 1.165) is 0 Å². The van der Waals surface area contributed by atoms with Gasteiger partial charge in [0, 0.05) is 0 Å². The van der Waals surface area contributed by atoms with E-state index in [1.807, 2.05) is 0 Å². The van der Waals surface area contributed by atoms with Crippen LogP contribution in [0.3, 0.4) is 0 Å². The third kappa shape index (κ3) is 8.42. The first-order chi connectivity index (χ1) is 4.42. The summed E-state index contributed by atoms with van der Waals surface area (Å²) in [4.78, 5) is 0. The molecular weight excluding hydrogens is 188 g/mol. The van der Waals surface area contributed by atoms with Gasteiger partial charge in [0.1, 0.15) is 0 Å². The first-order valence-electron chi connectivity index (χ1n) is 2.41. The van der Waals surface area contributed by atoms with Gasteiger partial charge in [0.15, 0.2) is 5.50 Å². The van der Waals surface area contributed by atoms with Crippen LogP contribution in [0.2, 0.25) is 0 Å². The predicted octanol–water partition coefficient (Wildman–Crippen LogP) is 3.25. The van der Waals surface area contributed by atoms with Gasteiger partial charge in [-0.3, -0.25) is 0 Å². The topological polar surface area (TPSA) is 0 Å². The summed E-state index contributed by atoms with van der Waals surface area (Å²) in [6.07, 6.45) is -4.19. The highest BCUT2D eigenvalue weighted by molar-refractivity contribution is 8.76. The Balaban J connectivity index is 3.21. The summed E-state index contributed by atoms with van der Waals surface area (Å²) in [5, 5.41) is 0. The van der Waals surface area contributed by atoms with Crippen LogP contribution in [0.5, 0.6) is 0 Å². The molecule has 0 aliphatic heterocycles. The number of alkyl halides is 4. The smallest absolute Gasteiger partial charge is 0.235 e. The Hall–Kier alpha value is 0.420. The fourth-order valence-electron chi connectivity index (χ4n) is 0.195. The third-order valence-corrected chi connectivity index (χ3v) is 2.83. The molecule has 0 radical (unpaired) electrons. The van der Waals surface area contributed by atoms with E-state index in [4.69, 9.17) is 0 Å². The van der Waals surface area contributed by atoms with E-state index in [0.29, 0.717) is 21.6 Å². The molecule has 62 valence electrons. The molecule has 0 aliphatic rings. The summed E-state index contributed by atoms with van der Waals surface area (Å²) in [5.74, 6) is -0.994. The van der Waals surface area contributed by atoms with Crippen molar-refractivity contribution in [2.45, 2.75) is 18.6 Å². The van der Waals surface area contributed by atoms with Gasteiger partial charge in [-0.15, -0.1) is 0 Å². The van der Waals surface area contributed by atoms with Crippen molar-refractivity contribution in [3.8, 4) is 0 Å². The SMILES string of the molecule is CC(F)SSCC(F)(F)F. The van der Waals surface area contributed by atoms with Crippen LogP contribution in [-0.2, 0) is 0 Å². The van der Waals surface area contributed by atoms with Crippen molar-refractivity contribution in [1.29, 1.82) is 0 Å². The summed E-state index contributed by atoms with van der Waals surface area (Å²) >= 11 is 0. The Labute approximate surface area is 64.1 Å². The van der Waals surface area contributed by atoms with E-state index >= 15 is 0 Å². The average Bonchev–Trinajstić information content (AvgIpc) is 1.59. The van der Waals surface area contributed by atoms with Gasteiger partial charge in [-0.2, -0.15) is 13.2 Å². The molecule has 0 nitrogen and oxygen atoms in total. The molecule has 0 fully saturated rings. The zero-order valence-corrected chi connectivity index (χ0v) is 6.75. The molecule has 6 heteroatoms. The van der Waals surface area contributed by atoms with Crippen LogP contribution in [0.25, 0.3) is 0 Å². The highest BCUT2D eigenvalue weighted by Crippen LogP contribution is 2.32. The van der Waals surface area contributed by atoms with Crippen molar-refractivity contribution in [1.82, 2.24) is 0 Å². The summed E-state index contributed by atoms with van der Waals surface area (Å²) < 4.78 is 45.9. The maximum absolute atomic E-state index is 11.9. The van der Waals surface area contributed by atoms with E-state index in [-0.39, 0.29) is 0 Å². The zero-order valence-electron chi connectivity index (χ0n) is 5.11. The van der Waals surface area contributed by atoms with Gasteiger partial charge in [0.05, 0.1) is 5.75 Å². The molecular formula is C4H6F4S2. The van der Waals surface area contributed by atoms with E-state index < -0.39 is 17.4 Å². The van der Waals surface area contributed by atoms with Crippen molar-refractivity contribution in [3.05, 3.63) is 0 Å². The molecule has 0 spiro atoms. The summed E-state index contributed by atoms with van der Waals surface area (Å²) in [6.45, 7) is 1.20. The van der Waals surface area contributed by atoms with Gasteiger partial charge in [0.25, 0.3) is 0 Å². The Kier molecular flexibility index (Phi) is 4.51. The maximum atomic E-state index is 11.9. The molecule has 0 saturated heterocycles. The minimum atomic E-state index is -4.19. The second kappa shape index (κ2) is 4.33. The second-order valence-electron chi connectivity index (χ2n) is 1.52. The van der Waals surface area contributed by atoms with Crippen molar-refractivity contribution >= 4 is 21.6 Å². The molecule has 0 aliphatic carbocycles. The predicted molar refractivity (Wildman–Crippen MR) is 36.7 cm³/mol. The molecule has 10 heavy (non-hydrogen) atoms. The Morgan fingerprint density at radius 1 is 1.40 bits per heavy atom. The number of halogens is 4. The molecule has 0 heterocycles. The number of hydrogen-bond acceptors (Lipinski definition) is 2. The van der Waals surface area contributed by atoms with Crippen molar-refractivity contribution in [2.24, 2.45) is 0 Å². The monoisotopic (exact) mass is 194 g/mol. The van der Waals surface area contributed by atoms with E-state index in [1.165, 1.54) is 6.92 Å². The van der Waals surface area contributed by atoms with Gasteiger partial charge in [0.2, 0.25) is 0 Å². The van der Waals surface area contributed by atoms with Gasteiger partial charge < -0.3 is 0 Å². The van der Waals surface area contributed by atoms with Crippen molar-refractivity contribution in [2.75, 3.05) is 5.75 Å². The van der Waals surface area contributed by atoms with Gasteiger partial charge >= 0.3 is 6.18 Å². The molecule has 0 aromatic carbocycles. The Bertz CT molecular complexity index is 89.7. The number of rotatable bonds is 3. The lowest BCUT2D eigenvalue weighted by Crippen LogP contribution is -2.09. The highest BCUT2D eigenvalue weighted by atomic mass is 33.1. The third-order valence-electron chi connectivity index (χ3n) is 0.423. The van der Waals surface area contributed by atoms with E-state index in [1.54, 1.807) is 0 Å². The van der Waals surface area contributed by atoms with Crippen LogP contribution in [0.15, 0.2) is 0 Å². The van der Waals surface area contributed by atoms with E-state index in [2.05, 4.69) is 0 Å².